The lowest BCUT2D eigenvalue weighted by Crippen LogP contribution is -2.34. The van der Waals surface area contributed by atoms with Gasteiger partial charge in [-0.25, -0.2) is 0 Å². The van der Waals surface area contributed by atoms with Crippen molar-refractivity contribution < 1.29 is 13.2 Å². The van der Waals surface area contributed by atoms with Gasteiger partial charge in [-0.15, -0.1) is 0 Å². The maximum absolute atomic E-state index is 13.2. The van der Waals surface area contributed by atoms with Crippen molar-refractivity contribution in [3.05, 3.63) is 132 Å². The average Bonchev–Trinajstić information content (AvgIpc) is 2.94. The van der Waals surface area contributed by atoms with Crippen LogP contribution in [0.15, 0.2) is 115 Å². The molecule has 2 atom stereocenters. The van der Waals surface area contributed by atoms with Gasteiger partial charge < -0.3 is 4.90 Å². The fraction of sp³-hybridized carbons (Fsp3) is 0.176. The molecule has 0 bridgehead atoms. The van der Waals surface area contributed by atoms with Gasteiger partial charge >= 0.3 is 6.18 Å². The molecule has 0 saturated heterocycles. The van der Waals surface area contributed by atoms with Crippen molar-refractivity contribution in [1.29, 1.82) is 0 Å². The van der Waals surface area contributed by atoms with Gasteiger partial charge in [0.2, 0.25) is 0 Å². The number of likely N-dealkylation sites (N-methyl/N-ethyl adjacent to an activating group) is 1. The van der Waals surface area contributed by atoms with E-state index < -0.39 is 11.7 Å². The standard InChI is InChI=1S/C34H30F3N/c1-24(38(2)32-21-18-27-10-4-6-12-30(27)23-32)33(28-16-19-31(20-17-28)34(35,36)37)13-7-8-25-14-15-26-9-3-5-11-29(26)22-25/h3-12,14-24,33H,13H2,1-2H3. The number of anilines is 1. The van der Waals surface area contributed by atoms with E-state index >= 15 is 0 Å². The predicted molar refractivity (Wildman–Crippen MR) is 154 cm³/mol. The van der Waals surface area contributed by atoms with Crippen LogP contribution in [0.2, 0.25) is 0 Å². The first kappa shape index (κ1) is 25.6. The van der Waals surface area contributed by atoms with E-state index in [0.29, 0.717) is 6.42 Å². The first-order chi connectivity index (χ1) is 18.3. The number of hydrogen-bond donors (Lipinski definition) is 0. The normalized spacial score (nSPS) is 13.7. The zero-order valence-electron chi connectivity index (χ0n) is 21.5. The number of halogens is 3. The van der Waals surface area contributed by atoms with Crippen molar-refractivity contribution in [3.63, 3.8) is 0 Å². The highest BCUT2D eigenvalue weighted by Gasteiger charge is 2.31. The Morgan fingerprint density at radius 1 is 0.711 bits per heavy atom. The van der Waals surface area contributed by atoms with Gasteiger partial charge in [-0.05, 0) is 76.3 Å². The summed E-state index contributed by atoms with van der Waals surface area (Å²) in [5.41, 5.74) is 2.44. The molecular formula is C34H30F3N. The molecule has 0 amide bonds. The molecule has 0 aliphatic rings. The van der Waals surface area contributed by atoms with Gasteiger partial charge in [0, 0.05) is 24.7 Å². The van der Waals surface area contributed by atoms with Gasteiger partial charge in [0.15, 0.2) is 0 Å². The van der Waals surface area contributed by atoms with Crippen LogP contribution < -0.4 is 4.90 Å². The highest BCUT2D eigenvalue weighted by molar-refractivity contribution is 5.86. The Kier molecular flexibility index (Phi) is 7.24. The molecule has 38 heavy (non-hydrogen) atoms. The maximum atomic E-state index is 13.2. The van der Waals surface area contributed by atoms with E-state index in [-0.39, 0.29) is 12.0 Å². The molecule has 4 heteroatoms. The first-order valence-corrected chi connectivity index (χ1v) is 12.8. The molecule has 0 N–H and O–H groups in total. The number of hydrogen-bond acceptors (Lipinski definition) is 1. The van der Waals surface area contributed by atoms with Crippen LogP contribution in [0.4, 0.5) is 18.9 Å². The SMILES string of the molecule is CC(C(CC=Cc1ccc2ccccc2c1)c1ccc(C(F)(F)F)cc1)N(C)c1ccc2ccccc2c1. The molecule has 0 aromatic heterocycles. The Labute approximate surface area is 221 Å². The number of rotatable bonds is 7. The van der Waals surface area contributed by atoms with Crippen molar-refractivity contribution in [1.82, 2.24) is 0 Å². The van der Waals surface area contributed by atoms with E-state index in [1.54, 1.807) is 12.1 Å². The molecule has 2 unspecified atom stereocenters. The lowest BCUT2D eigenvalue weighted by molar-refractivity contribution is -0.137. The molecule has 0 fully saturated rings. The van der Waals surface area contributed by atoms with Gasteiger partial charge in [-0.2, -0.15) is 13.2 Å². The summed E-state index contributed by atoms with van der Waals surface area (Å²) in [6.07, 6.45) is 0.582. The zero-order chi connectivity index (χ0) is 26.7. The Morgan fingerprint density at radius 2 is 1.29 bits per heavy atom. The number of nitrogens with zero attached hydrogens (tertiary/aromatic N) is 1. The summed E-state index contributed by atoms with van der Waals surface area (Å²) >= 11 is 0. The molecule has 1 nitrogen and oxygen atoms in total. The van der Waals surface area contributed by atoms with E-state index in [9.17, 15) is 13.2 Å². The van der Waals surface area contributed by atoms with Crippen LogP contribution in [-0.4, -0.2) is 13.1 Å². The van der Waals surface area contributed by atoms with E-state index in [0.717, 1.165) is 22.2 Å². The van der Waals surface area contributed by atoms with E-state index in [1.165, 1.54) is 28.3 Å². The molecule has 5 aromatic carbocycles. The third-order valence-electron chi connectivity index (χ3n) is 7.47. The molecule has 0 heterocycles. The van der Waals surface area contributed by atoms with Crippen LogP contribution in [-0.2, 0) is 6.18 Å². The highest BCUT2D eigenvalue weighted by Crippen LogP contribution is 2.34. The fourth-order valence-electron chi connectivity index (χ4n) is 5.09. The average molecular weight is 510 g/mol. The van der Waals surface area contributed by atoms with Crippen molar-refractivity contribution in [3.8, 4) is 0 Å². The molecule has 192 valence electrons. The number of benzene rings is 5. The smallest absolute Gasteiger partial charge is 0.371 e. The van der Waals surface area contributed by atoms with Crippen LogP contribution in [0.3, 0.4) is 0 Å². The molecular weight excluding hydrogens is 479 g/mol. The minimum Gasteiger partial charge on any atom is -0.371 e. The van der Waals surface area contributed by atoms with Crippen LogP contribution >= 0.6 is 0 Å². The topological polar surface area (TPSA) is 3.24 Å². The van der Waals surface area contributed by atoms with Crippen molar-refractivity contribution in [2.24, 2.45) is 0 Å². The van der Waals surface area contributed by atoms with Gasteiger partial charge in [0.05, 0.1) is 5.56 Å². The van der Waals surface area contributed by atoms with E-state index in [2.05, 4.69) is 91.7 Å². The molecule has 0 spiro atoms. The van der Waals surface area contributed by atoms with Gasteiger partial charge in [0.25, 0.3) is 0 Å². The van der Waals surface area contributed by atoms with Crippen LogP contribution in [0, 0.1) is 0 Å². The van der Waals surface area contributed by atoms with Gasteiger partial charge in [-0.3, -0.25) is 0 Å². The first-order valence-electron chi connectivity index (χ1n) is 12.8. The monoisotopic (exact) mass is 509 g/mol. The van der Waals surface area contributed by atoms with E-state index in [4.69, 9.17) is 0 Å². The summed E-state index contributed by atoms with van der Waals surface area (Å²) in [6.45, 7) is 2.14. The number of allylic oxidation sites excluding steroid dienone is 1. The lowest BCUT2D eigenvalue weighted by atomic mass is 9.87. The zero-order valence-corrected chi connectivity index (χ0v) is 21.5. The number of fused-ring (bicyclic) bond motifs is 2. The van der Waals surface area contributed by atoms with Crippen molar-refractivity contribution in [2.45, 2.75) is 31.5 Å². The van der Waals surface area contributed by atoms with Crippen molar-refractivity contribution >= 4 is 33.3 Å². The molecule has 5 rings (SSSR count). The van der Waals surface area contributed by atoms with Crippen LogP contribution in [0.5, 0.6) is 0 Å². The summed E-state index contributed by atoms with van der Waals surface area (Å²) in [4.78, 5) is 2.22. The summed E-state index contributed by atoms with van der Waals surface area (Å²) in [6, 6.07) is 34.9. The highest BCUT2D eigenvalue weighted by atomic mass is 19.4. The molecule has 0 radical (unpaired) electrons. The van der Waals surface area contributed by atoms with Crippen LogP contribution in [0.25, 0.3) is 27.6 Å². The Hall–Kier alpha value is -4.05. The predicted octanol–water partition coefficient (Wildman–Crippen LogP) is 9.72. The molecule has 0 aliphatic heterocycles. The van der Waals surface area contributed by atoms with Crippen LogP contribution in [0.1, 0.15) is 36.0 Å². The van der Waals surface area contributed by atoms with Gasteiger partial charge in [-0.1, -0.05) is 91.0 Å². The maximum Gasteiger partial charge on any atom is 0.416 e. The fourth-order valence-corrected chi connectivity index (χ4v) is 5.09. The Balaban J connectivity index is 1.43. The third-order valence-corrected chi connectivity index (χ3v) is 7.47. The van der Waals surface area contributed by atoms with Gasteiger partial charge in [0.1, 0.15) is 0 Å². The second-order valence-corrected chi connectivity index (χ2v) is 9.85. The molecule has 0 aliphatic carbocycles. The summed E-state index contributed by atoms with van der Waals surface area (Å²) in [5.74, 6) is -0.00883. The summed E-state index contributed by atoms with van der Waals surface area (Å²) in [5, 5.41) is 4.71. The Morgan fingerprint density at radius 3 is 1.92 bits per heavy atom. The second kappa shape index (κ2) is 10.7. The van der Waals surface area contributed by atoms with Crippen molar-refractivity contribution in [2.75, 3.05) is 11.9 Å². The third kappa shape index (κ3) is 5.60. The summed E-state index contributed by atoms with van der Waals surface area (Å²) in [7, 11) is 2.05. The molecule has 0 saturated carbocycles. The second-order valence-electron chi connectivity index (χ2n) is 9.85. The number of alkyl halides is 3. The Bertz CT molecular complexity index is 1570. The minimum atomic E-state index is -4.35. The molecule has 5 aromatic rings. The largest absolute Gasteiger partial charge is 0.416 e. The minimum absolute atomic E-state index is 0.00883. The quantitative estimate of drug-likeness (QED) is 0.211. The lowest BCUT2D eigenvalue weighted by Gasteiger charge is -2.34. The van der Waals surface area contributed by atoms with E-state index in [1.807, 2.05) is 24.3 Å². The summed E-state index contributed by atoms with van der Waals surface area (Å²) < 4.78 is 39.7.